The lowest BCUT2D eigenvalue weighted by atomic mass is 10.2. The fraction of sp³-hybridized carbons (Fsp3) is 0. The number of aromatic amines is 1. The van der Waals surface area contributed by atoms with Crippen LogP contribution in [0.1, 0.15) is 0 Å². The van der Waals surface area contributed by atoms with Crippen molar-refractivity contribution in [1.29, 1.82) is 0 Å². The quantitative estimate of drug-likeness (QED) is 0.647. The minimum atomic E-state index is 0.488. The number of rotatable bonds is 1. The summed E-state index contributed by atoms with van der Waals surface area (Å²) in [5.41, 5.74) is 8.57. The molecule has 4 nitrogen and oxygen atoms in total. The SMILES string of the molecule is Nc1ncccc1-c1nc2ccccc2[nH]1. The lowest BCUT2D eigenvalue weighted by Gasteiger charge is -1.98. The van der Waals surface area contributed by atoms with Crippen molar-refractivity contribution in [3.8, 4) is 11.4 Å². The Morgan fingerprint density at radius 3 is 2.75 bits per heavy atom. The smallest absolute Gasteiger partial charge is 0.142 e. The summed E-state index contributed by atoms with van der Waals surface area (Å²) in [6, 6.07) is 11.6. The van der Waals surface area contributed by atoms with Gasteiger partial charge in [0.15, 0.2) is 0 Å². The Labute approximate surface area is 92.2 Å². The van der Waals surface area contributed by atoms with Gasteiger partial charge in [0, 0.05) is 6.20 Å². The van der Waals surface area contributed by atoms with E-state index in [1.807, 2.05) is 36.4 Å². The largest absolute Gasteiger partial charge is 0.383 e. The highest BCUT2D eigenvalue weighted by Gasteiger charge is 2.07. The third-order valence-corrected chi connectivity index (χ3v) is 2.48. The maximum Gasteiger partial charge on any atom is 0.142 e. The molecule has 0 amide bonds. The number of nitrogens with one attached hydrogen (secondary N) is 1. The molecule has 0 unspecified atom stereocenters. The maximum absolute atomic E-state index is 5.80. The van der Waals surface area contributed by atoms with Gasteiger partial charge in [-0.2, -0.15) is 0 Å². The number of hydrogen-bond donors (Lipinski definition) is 2. The summed E-state index contributed by atoms with van der Waals surface area (Å²) in [6.07, 6.45) is 1.67. The number of H-pyrrole nitrogens is 1. The predicted octanol–water partition coefficient (Wildman–Crippen LogP) is 2.21. The zero-order chi connectivity index (χ0) is 11.0. The molecule has 2 aromatic heterocycles. The van der Waals surface area contributed by atoms with E-state index < -0.39 is 0 Å². The van der Waals surface area contributed by atoms with Crippen molar-refractivity contribution >= 4 is 16.9 Å². The van der Waals surface area contributed by atoms with E-state index in [-0.39, 0.29) is 0 Å². The first-order valence-corrected chi connectivity index (χ1v) is 5.00. The molecule has 0 saturated heterocycles. The highest BCUT2D eigenvalue weighted by molar-refractivity contribution is 5.81. The van der Waals surface area contributed by atoms with E-state index in [1.165, 1.54) is 0 Å². The number of imidazole rings is 1. The van der Waals surface area contributed by atoms with Crippen LogP contribution in [0, 0.1) is 0 Å². The molecule has 0 aliphatic rings. The summed E-state index contributed by atoms with van der Waals surface area (Å²) >= 11 is 0. The minimum absolute atomic E-state index is 0.488. The van der Waals surface area contributed by atoms with E-state index >= 15 is 0 Å². The molecule has 3 rings (SSSR count). The molecule has 0 radical (unpaired) electrons. The van der Waals surface area contributed by atoms with E-state index in [1.54, 1.807) is 6.20 Å². The number of hydrogen-bond acceptors (Lipinski definition) is 3. The number of anilines is 1. The standard InChI is InChI=1S/C12H10N4/c13-11-8(4-3-7-14-11)12-15-9-5-1-2-6-10(9)16-12/h1-7H,(H2,13,14)(H,15,16). The lowest BCUT2D eigenvalue weighted by molar-refractivity contribution is 1.28. The minimum Gasteiger partial charge on any atom is -0.383 e. The molecule has 0 aliphatic heterocycles. The Hall–Kier alpha value is -2.36. The second-order valence-corrected chi connectivity index (χ2v) is 3.54. The van der Waals surface area contributed by atoms with Gasteiger partial charge < -0.3 is 10.7 Å². The number of nitrogens with zero attached hydrogens (tertiary/aromatic N) is 2. The van der Waals surface area contributed by atoms with Crippen molar-refractivity contribution in [3.63, 3.8) is 0 Å². The van der Waals surface area contributed by atoms with E-state index in [0.29, 0.717) is 5.82 Å². The van der Waals surface area contributed by atoms with E-state index in [2.05, 4.69) is 15.0 Å². The van der Waals surface area contributed by atoms with E-state index in [9.17, 15) is 0 Å². The summed E-state index contributed by atoms with van der Waals surface area (Å²) in [5, 5.41) is 0. The van der Waals surface area contributed by atoms with Gasteiger partial charge in [-0.05, 0) is 24.3 Å². The van der Waals surface area contributed by atoms with Gasteiger partial charge in [0.25, 0.3) is 0 Å². The van der Waals surface area contributed by atoms with Crippen molar-refractivity contribution in [1.82, 2.24) is 15.0 Å². The molecule has 0 saturated carbocycles. The van der Waals surface area contributed by atoms with Gasteiger partial charge in [-0.15, -0.1) is 0 Å². The average molecular weight is 210 g/mol. The first-order valence-electron chi connectivity index (χ1n) is 5.00. The molecule has 2 heterocycles. The van der Waals surface area contributed by atoms with Crippen molar-refractivity contribution in [2.75, 3.05) is 5.73 Å². The molecule has 0 fully saturated rings. The number of para-hydroxylation sites is 2. The van der Waals surface area contributed by atoms with Crippen LogP contribution in [-0.2, 0) is 0 Å². The molecule has 3 N–H and O–H groups in total. The molecule has 0 spiro atoms. The van der Waals surface area contributed by atoms with Crippen LogP contribution in [0.2, 0.25) is 0 Å². The highest BCUT2D eigenvalue weighted by Crippen LogP contribution is 2.23. The lowest BCUT2D eigenvalue weighted by Crippen LogP contribution is -1.93. The Balaban J connectivity index is 2.23. The summed E-state index contributed by atoms with van der Waals surface area (Å²) in [4.78, 5) is 11.7. The third kappa shape index (κ3) is 1.32. The average Bonchev–Trinajstić information content (AvgIpc) is 2.73. The zero-order valence-electron chi connectivity index (χ0n) is 8.51. The molecule has 4 heteroatoms. The summed E-state index contributed by atoms with van der Waals surface area (Å²) in [5.74, 6) is 1.24. The number of benzene rings is 1. The summed E-state index contributed by atoms with van der Waals surface area (Å²) in [6.45, 7) is 0. The molecular formula is C12H10N4. The van der Waals surface area contributed by atoms with Crippen LogP contribution in [0.5, 0.6) is 0 Å². The van der Waals surface area contributed by atoms with Gasteiger partial charge >= 0.3 is 0 Å². The van der Waals surface area contributed by atoms with Crippen LogP contribution in [-0.4, -0.2) is 15.0 Å². The normalized spacial score (nSPS) is 10.8. The van der Waals surface area contributed by atoms with Gasteiger partial charge in [-0.25, -0.2) is 9.97 Å². The van der Waals surface area contributed by atoms with Crippen molar-refractivity contribution < 1.29 is 0 Å². The van der Waals surface area contributed by atoms with Crippen LogP contribution in [0.15, 0.2) is 42.6 Å². The van der Waals surface area contributed by atoms with Crippen LogP contribution in [0.4, 0.5) is 5.82 Å². The molecule has 0 atom stereocenters. The summed E-state index contributed by atoms with van der Waals surface area (Å²) in [7, 11) is 0. The first-order chi connectivity index (χ1) is 7.84. The monoisotopic (exact) mass is 210 g/mol. The summed E-state index contributed by atoms with van der Waals surface area (Å²) < 4.78 is 0. The second-order valence-electron chi connectivity index (χ2n) is 3.54. The fourth-order valence-corrected chi connectivity index (χ4v) is 1.70. The van der Waals surface area contributed by atoms with Gasteiger partial charge in [0.05, 0.1) is 16.6 Å². The Morgan fingerprint density at radius 2 is 1.94 bits per heavy atom. The fourth-order valence-electron chi connectivity index (χ4n) is 1.70. The van der Waals surface area contributed by atoms with Gasteiger partial charge in [-0.1, -0.05) is 12.1 Å². The number of nitrogens with two attached hydrogens (primary N) is 1. The Bertz CT molecular complexity index is 609. The molecule has 1 aromatic carbocycles. The van der Waals surface area contributed by atoms with Crippen molar-refractivity contribution in [2.45, 2.75) is 0 Å². The van der Waals surface area contributed by atoms with E-state index in [4.69, 9.17) is 5.73 Å². The molecular weight excluding hydrogens is 200 g/mol. The molecule has 16 heavy (non-hydrogen) atoms. The van der Waals surface area contributed by atoms with E-state index in [0.717, 1.165) is 22.4 Å². The molecule has 0 aliphatic carbocycles. The van der Waals surface area contributed by atoms with Crippen LogP contribution < -0.4 is 5.73 Å². The van der Waals surface area contributed by atoms with Crippen molar-refractivity contribution in [3.05, 3.63) is 42.6 Å². The number of aromatic nitrogens is 3. The maximum atomic E-state index is 5.80. The predicted molar refractivity (Wildman–Crippen MR) is 63.7 cm³/mol. The number of fused-ring (bicyclic) bond motifs is 1. The van der Waals surface area contributed by atoms with Gasteiger partial charge in [0.2, 0.25) is 0 Å². The molecule has 78 valence electrons. The highest BCUT2D eigenvalue weighted by atomic mass is 14.9. The molecule has 0 bridgehead atoms. The second kappa shape index (κ2) is 3.34. The number of pyridine rings is 1. The van der Waals surface area contributed by atoms with Crippen LogP contribution >= 0.6 is 0 Å². The Kier molecular flexibility index (Phi) is 1.86. The van der Waals surface area contributed by atoms with Crippen molar-refractivity contribution in [2.24, 2.45) is 0 Å². The Morgan fingerprint density at radius 1 is 1.06 bits per heavy atom. The van der Waals surface area contributed by atoms with Gasteiger partial charge in [0.1, 0.15) is 11.6 Å². The van der Waals surface area contributed by atoms with Crippen LogP contribution in [0.25, 0.3) is 22.4 Å². The first kappa shape index (κ1) is 8.91. The van der Waals surface area contributed by atoms with Crippen LogP contribution in [0.3, 0.4) is 0 Å². The molecule has 3 aromatic rings. The van der Waals surface area contributed by atoms with Gasteiger partial charge in [-0.3, -0.25) is 0 Å². The zero-order valence-corrected chi connectivity index (χ0v) is 8.51. The number of nitrogen functional groups attached to an aromatic ring is 1. The topological polar surface area (TPSA) is 67.6 Å². The third-order valence-electron chi connectivity index (χ3n) is 2.48.